The van der Waals surface area contributed by atoms with Gasteiger partial charge in [0.2, 0.25) is 11.8 Å². The summed E-state index contributed by atoms with van der Waals surface area (Å²) in [5.41, 5.74) is 0.462. The number of piperidine rings is 1. The highest BCUT2D eigenvalue weighted by atomic mass is 19.4. The zero-order chi connectivity index (χ0) is 30.3. The number of aliphatic hydroxyl groups excluding tert-OH is 1. The number of nitrogens with zero attached hydrogens (tertiary/aromatic N) is 4. The number of halogens is 3. The highest BCUT2D eigenvalue weighted by Gasteiger charge is 2.44. The van der Waals surface area contributed by atoms with E-state index in [0.29, 0.717) is 60.9 Å². The van der Waals surface area contributed by atoms with Crippen LogP contribution in [0.4, 0.5) is 18.9 Å². The molecule has 12 heteroatoms. The normalized spacial score (nSPS) is 15.5. The molecule has 4 rings (SSSR count). The molecular weight excluding hydrogens is 549 g/mol. The van der Waals surface area contributed by atoms with Gasteiger partial charge in [-0.1, -0.05) is 6.07 Å². The number of rotatable bonds is 10. The lowest BCUT2D eigenvalue weighted by molar-refractivity contribution is -0.137. The van der Waals surface area contributed by atoms with E-state index in [1.54, 1.807) is 25.5 Å². The fourth-order valence-electron chi connectivity index (χ4n) is 5.17. The smallest absolute Gasteiger partial charge is 0.416 e. The van der Waals surface area contributed by atoms with Crippen molar-refractivity contribution in [2.45, 2.75) is 37.4 Å². The van der Waals surface area contributed by atoms with E-state index >= 15 is 0 Å². The van der Waals surface area contributed by atoms with Crippen molar-refractivity contribution >= 4 is 11.6 Å². The molecular formula is C30H33F3N6O3. The molecule has 1 aliphatic heterocycles. The summed E-state index contributed by atoms with van der Waals surface area (Å²) in [6.45, 7) is 2.99. The highest BCUT2D eigenvalue weighted by molar-refractivity contribution is 5.89. The summed E-state index contributed by atoms with van der Waals surface area (Å²) in [5, 5.41) is 25.1. The van der Waals surface area contributed by atoms with Crippen LogP contribution in [0.2, 0.25) is 0 Å². The number of nitrogens with one attached hydrogen (secondary N) is 2. The molecule has 0 unspecified atom stereocenters. The van der Waals surface area contributed by atoms with Gasteiger partial charge in [0.25, 0.3) is 0 Å². The number of carbonyl (C=O) groups excluding carboxylic acids is 1. The molecule has 0 saturated carbocycles. The van der Waals surface area contributed by atoms with E-state index in [-0.39, 0.29) is 30.7 Å². The largest absolute Gasteiger partial charge is 0.477 e. The van der Waals surface area contributed by atoms with Gasteiger partial charge in [-0.05, 0) is 68.8 Å². The number of aromatic nitrogens is 2. The molecule has 1 atom stereocenters. The summed E-state index contributed by atoms with van der Waals surface area (Å²) in [7, 11) is 1.69. The first-order valence-electron chi connectivity index (χ1n) is 13.6. The molecule has 1 aromatic carbocycles. The summed E-state index contributed by atoms with van der Waals surface area (Å²) in [4.78, 5) is 24.6. The molecule has 1 fully saturated rings. The number of nitriles is 1. The number of benzene rings is 1. The number of alkyl halides is 3. The third-order valence-electron chi connectivity index (χ3n) is 7.62. The molecule has 1 amide bonds. The van der Waals surface area contributed by atoms with Crippen molar-refractivity contribution in [1.82, 2.24) is 20.6 Å². The Kier molecular flexibility index (Phi) is 9.65. The Morgan fingerprint density at radius 1 is 1.21 bits per heavy atom. The van der Waals surface area contributed by atoms with Crippen LogP contribution in [0, 0.1) is 11.3 Å². The van der Waals surface area contributed by atoms with Crippen molar-refractivity contribution in [3.05, 3.63) is 71.5 Å². The molecule has 3 heterocycles. The van der Waals surface area contributed by atoms with Crippen LogP contribution < -0.4 is 20.3 Å². The second-order valence-electron chi connectivity index (χ2n) is 10.0. The number of aliphatic hydroxyl groups is 1. The van der Waals surface area contributed by atoms with Crippen molar-refractivity contribution in [3.63, 3.8) is 0 Å². The molecule has 3 aromatic rings. The van der Waals surface area contributed by atoms with Gasteiger partial charge in [0.05, 0.1) is 46.7 Å². The van der Waals surface area contributed by atoms with E-state index < -0.39 is 17.2 Å². The van der Waals surface area contributed by atoms with Crippen molar-refractivity contribution in [2.75, 3.05) is 44.8 Å². The van der Waals surface area contributed by atoms with Crippen LogP contribution in [-0.2, 0) is 16.4 Å². The van der Waals surface area contributed by atoms with Gasteiger partial charge in [-0.3, -0.25) is 9.78 Å². The Morgan fingerprint density at radius 3 is 2.57 bits per heavy atom. The van der Waals surface area contributed by atoms with Gasteiger partial charge in [0.15, 0.2) is 0 Å². The quantitative estimate of drug-likeness (QED) is 0.331. The van der Waals surface area contributed by atoms with Gasteiger partial charge in [0, 0.05) is 38.1 Å². The number of carbonyl (C=O) groups is 1. The lowest BCUT2D eigenvalue weighted by Crippen LogP contribution is -2.54. The van der Waals surface area contributed by atoms with Crippen LogP contribution in [0.1, 0.15) is 36.5 Å². The first kappa shape index (κ1) is 30.7. The zero-order valence-electron chi connectivity index (χ0n) is 23.4. The van der Waals surface area contributed by atoms with E-state index in [1.807, 2.05) is 36.1 Å². The molecule has 1 aliphatic rings. The van der Waals surface area contributed by atoms with E-state index in [0.717, 1.165) is 12.1 Å². The average molecular weight is 583 g/mol. The number of amides is 1. The standard InChI is InChI=1S/C30H33F3N6O3/c1-3-42-27-24(5-4-12-36-27)25-8-6-22(17-37-25)29(28(41)38-18-23(19-40)35-2)10-13-39(14-11-29)26-9-7-21(30(31,32)33)15-20(26)16-34/h4-9,12,15,17,23,35,40H,3,10-11,13-14,18-19H2,1-2H3,(H,38,41)/t23-/m1/s1. The Bertz CT molecular complexity index is 1410. The van der Waals surface area contributed by atoms with Gasteiger partial charge in [0.1, 0.15) is 6.07 Å². The number of anilines is 1. The van der Waals surface area contributed by atoms with Crippen LogP contribution in [-0.4, -0.2) is 66.9 Å². The van der Waals surface area contributed by atoms with E-state index in [1.165, 1.54) is 6.07 Å². The summed E-state index contributed by atoms with van der Waals surface area (Å²) in [5.74, 6) is 0.211. The number of hydrogen-bond donors (Lipinski definition) is 3. The van der Waals surface area contributed by atoms with Gasteiger partial charge in [-0.2, -0.15) is 18.4 Å². The Morgan fingerprint density at radius 2 is 1.98 bits per heavy atom. The predicted octanol–water partition coefficient (Wildman–Crippen LogP) is 3.67. The lowest BCUT2D eigenvalue weighted by atomic mass is 9.72. The monoisotopic (exact) mass is 582 g/mol. The molecule has 42 heavy (non-hydrogen) atoms. The molecule has 222 valence electrons. The molecule has 0 bridgehead atoms. The van der Waals surface area contributed by atoms with Crippen LogP contribution in [0.5, 0.6) is 5.88 Å². The van der Waals surface area contributed by atoms with E-state index in [9.17, 15) is 28.3 Å². The molecule has 3 N–H and O–H groups in total. The third kappa shape index (κ3) is 6.48. The Balaban J connectivity index is 1.64. The van der Waals surface area contributed by atoms with Crippen molar-refractivity contribution < 1.29 is 27.8 Å². The molecule has 0 aliphatic carbocycles. The van der Waals surface area contributed by atoms with Crippen LogP contribution in [0.3, 0.4) is 0 Å². The minimum absolute atomic E-state index is 0.0748. The second kappa shape index (κ2) is 13.2. The summed E-state index contributed by atoms with van der Waals surface area (Å²) in [6.07, 6.45) is -0.612. The Hall–Kier alpha value is -4.21. The van der Waals surface area contributed by atoms with Crippen molar-refractivity contribution in [3.8, 4) is 23.2 Å². The van der Waals surface area contributed by atoms with Gasteiger partial charge >= 0.3 is 6.18 Å². The van der Waals surface area contributed by atoms with Crippen molar-refractivity contribution in [1.29, 1.82) is 5.26 Å². The molecule has 1 saturated heterocycles. The number of likely N-dealkylation sites (N-methyl/N-ethyl adjacent to an activating group) is 1. The zero-order valence-corrected chi connectivity index (χ0v) is 23.4. The fourth-order valence-corrected chi connectivity index (χ4v) is 5.17. The maximum atomic E-state index is 13.8. The first-order chi connectivity index (χ1) is 20.2. The van der Waals surface area contributed by atoms with Crippen LogP contribution in [0.25, 0.3) is 11.3 Å². The van der Waals surface area contributed by atoms with Gasteiger partial charge in [-0.25, -0.2) is 4.98 Å². The topological polar surface area (TPSA) is 123 Å². The minimum atomic E-state index is -4.56. The van der Waals surface area contributed by atoms with E-state index in [2.05, 4.69) is 20.6 Å². The summed E-state index contributed by atoms with van der Waals surface area (Å²) < 4.78 is 45.3. The summed E-state index contributed by atoms with van der Waals surface area (Å²) >= 11 is 0. The number of ether oxygens (including phenoxy) is 1. The maximum absolute atomic E-state index is 13.8. The highest BCUT2D eigenvalue weighted by Crippen LogP contribution is 2.40. The molecule has 0 radical (unpaired) electrons. The maximum Gasteiger partial charge on any atom is 0.416 e. The minimum Gasteiger partial charge on any atom is -0.477 e. The lowest BCUT2D eigenvalue weighted by Gasteiger charge is -2.42. The third-order valence-corrected chi connectivity index (χ3v) is 7.62. The fraction of sp³-hybridized carbons (Fsp3) is 0.400. The van der Waals surface area contributed by atoms with Gasteiger partial charge in [-0.15, -0.1) is 0 Å². The number of hydrogen-bond acceptors (Lipinski definition) is 8. The molecule has 2 aromatic heterocycles. The van der Waals surface area contributed by atoms with Crippen LogP contribution in [0.15, 0.2) is 54.9 Å². The Labute approximate surface area is 242 Å². The van der Waals surface area contributed by atoms with Crippen LogP contribution >= 0.6 is 0 Å². The first-order valence-corrected chi connectivity index (χ1v) is 13.6. The molecule has 0 spiro atoms. The van der Waals surface area contributed by atoms with Gasteiger partial charge < -0.3 is 25.4 Å². The molecule has 9 nitrogen and oxygen atoms in total. The predicted molar refractivity (Wildman–Crippen MR) is 151 cm³/mol. The summed E-state index contributed by atoms with van der Waals surface area (Å²) in [6, 6.07) is 12.0. The SMILES string of the molecule is CCOc1ncccc1-c1ccc(C2(C(=O)NC[C@H](CO)NC)CCN(c3ccc(C(F)(F)F)cc3C#N)CC2)cn1. The van der Waals surface area contributed by atoms with E-state index in [4.69, 9.17) is 4.74 Å². The van der Waals surface area contributed by atoms with Crippen molar-refractivity contribution in [2.24, 2.45) is 0 Å². The average Bonchev–Trinajstić information content (AvgIpc) is 3.01. The second-order valence-corrected chi connectivity index (χ2v) is 10.0. The number of pyridine rings is 2.